The van der Waals surface area contributed by atoms with Crippen molar-refractivity contribution in [3.63, 3.8) is 0 Å². The molecule has 4 nitrogen and oxygen atoms in total. The highest BCUT2D eigenvalue weighted by atomic mass is 16.3. The summed E-state index contributed by atoms with van der Waals surface area (Å²) < 4.78 is 0. The van der Waals surface area contributed by atoms with Crippen LogP contribution < -0.4 is 5.73 Å². The molecule has 0 radical (unpaired) electrons. The molecule has 0 amide bonds. The van der Waals surface area contributed by atoms with E-state index in [0.29, 0.717) is 5.92 Å². The molecular weight excluding hydrogens is 130 g/mol. The van der Waals surface area contributed by atoms with Crippen LogP contribution in [0, 0.1) is 10.8 Å². The van der Waals surface area contributed by atoms with Crippen LogP contribution in [-0.2, 0) is 0 Å². The van der Waals surface area contributed by atoms with E-state index in [-0.39, 0.29) is 0 Å². The minimum Gasteiger partial charge on any atom is -0.330 e. The molecule has 1 saturated heterocycles. The maximum atomic E-state index is 10.00. The van der Waals surface area contributed by atoms with E-state index in [1.165, 1.54) is 0 Å². The second kappa shape index (κ2) is 3.51. The predicted molar refractivity (Wildman–Crippen MR) is 39.1 cm³/mol. The van der Waals surface area contributed by atoms with Crippen LogP contribution >= 0.6 is 0 Å². The summed E-state index contributed by atoms with van der Waals surface area (Å²) in [6.45, 7) is 2.31. The first kappa shape index (κ1) is 7.47. The molecule has 0 aromatic carbocycles. The Morgan fingerprint density at radius 1 is 1.50 bits per heavy atom. The summed E-state index contributed by atoms with van der Waals surface area (Å²) in [6.07, 6.45) is 2.03. The Kier molecular flexibility index (Phi) is 2.62. The van der Waals surface area contributed by atoms with Crippen LogP contribution in [0.1, 0.15) is 12.8 Å². The number of nitrogens with two attached hydrogens (primary N) is 1. The summed E-state index contributed by atoms with van der Waals surface area (Å²) in [7, 11) is 0. The molecule has 1 aliphatic heterocycles. The SMILES string of the molecule is NCC1CCN(N=O)CC1. The molecule has 1 heterocycles. The fourth-order valence-electron chi connectivity index (χ4n) is 1.24. The number of hydrogen-bond acceptors (Lipinski definition) is 3. The van der Waals surface area contributed by atoms with Crippen molar-refractivity contribution >= 4 is 0 Å². The summed E-state index contributed by atoms with van der Waals surface area (Å²) in [4.78, 5) is 10.00. The molecule has 1 rings (SSSR count). The first-order chi connectivity index (χ1) is 4.86. The Bertz CT molecular complexity index is 110. The van der Waals surface area contributed by atoms with E-state index >= 15 is 0 Å². The topological polar surface area (TPSA) is 58.7 Å². The molecule has 4 heteroatoms. The maximum Gasteiger partial charge on any atom is 0.0523 e. The van der Waals surface area contributed by atoms with Gasteiger partial charge in [-0.15, -0.1) is 4.91 Å². The van der Waals surface area contributed by atoms with Gasteiger partial charge in [0.1, 0.15) is 0 Å². The van der Waals surface area contributed by atoms with E-state index in [2.05, 4.69) is 5.29 Å². The highest BCUT2D eigenvalue weighted by Crippen LogP contribution is 2.15. The summed E-state index contributed by atoms with van der Waals surface area (Å²) >= 11 is 0. The second-order valence-electron chi connectivity index (χ2n) is 2.71. The Morgan fingerprint density at radius 2 is 2.10 bits per heavy atom. The lowest BCUT2D eigenvalue weighted by Gasteiger charge is -2.26. The zero-order chi connectivity index (χ0) is 7.40. The predicted octanol–water partition coefficient (Wildman–Crippen LogP) is 0.339. The largest absolute Gasteiger partial charge is 0.330 e. The van der Waals surface area contributed by atoms with E-state index in [1.807, 2.05) is 0 Å². The van der Waals surface area contributed by atoms with Crippen molar-refractivity contribution in [3.05, 3.63) is 4.91 Å². The molecule has 0 aromatic heterocycles. The lowest BCUT2D eigenvalue weighted by Crippen LogP contribution is -2.32. The third-order valence-electron chi connectivity index (χ3n) is 2.04. The van der Waals surface area contributed by atoms with Gasteiger partial charge in [-0.2, -0.15) is 0 Å². The zero-order valence-corrected chi connectivity index (χ0v) is 5.99. The molecule has 10 heavy (non-hydrogen) atoms. The van der Waals surface area contributed by atoms with E-state index in [4.69, 9.17) is 5.73 Å². The standard InChI is InChI=1S/C6H13N3O/c7-5-6-1-3-9(8-10)4-2-6/h6H,1-5,7H2. The lowest BCUT2D eigenvalue weighted by molar-refractivity contribution is 0.192. The van der Waals surface area contributed by atoms with Crippen molar-refractivity contribution in [1.29, 1.82) is 0 Å². The number of nitrogens with zero attached hydrogens (tertiary/aromatic N) is 2. The molecule has 0 spiro atoms. The van der Waals surface area contributed by atoms with Crippen molar-refractivity contribution < 1.29 is 0 Å². The number of nitroso groups, excluding NO2 is 1. The number of rotatable bonds is 2. The Hall–Kier alpha value is -0.640. The zero-order valence-electron chi connectivity index (χ0n) is 5.99. The molecule has 58 valence electrons. The highest BCUT2D eigenvalue weighted by molar-refractivity contribution is 4.69. The molecule has 0 unspecified atom stereocenters. The quantitative estimate of drug-likeness (QED) is 0.567. The van der Waals surface area contributed by atoms with Gasteiger partial charge in [0.05, 0.1) is 5.29 Å². The third kappa shape index (κ3) is 1.67. The fourth-order valence-corrected chi connectivity index (χ4v) is 1.24. The van der Waals surface area contributed by atoms with Crippen LogP contribution in [0.4, 0.5) is 0 Å². The third-order valence-corrected chi connectivity index (χ3v) is 2.04. The van der Waals surface area contributed by atoms with Gasteiger partial charge in [-0.1, -0.05) is 0 Å². The minimum absolute atomic E-state index is 0.609. The van der Waals surface area contributed by atoms with E-state index in [0.717, 1.165) is 32.5 Å². The Labute approximate surface area is 60.3 Å². The van der Waals surface area contributed by atoms with Gasteiger partial charge in [-0.3, -0.25) is 5.01 Å². The van der Waals surface area contributed by atoms with Gasteiger partial charge in [-0.25, -0.2) is 0 Å². The average molecular weight is 143 g/mol. The summed E-state index contributed by atoms with van der Waals surface area (Å²) in [6, 6.07) is 0. The smallest absolute Gasteiger partial charge is 0.0523 e. The van der Waals surface area contributed by atoms with Gasteiger partial charge in [-0.05, 0) is 25.3 Å². The van der Waals surface area contributed by atoms with Crippen LogP contribution in [-0.4, -0.2) is 24.6 Å². The fraction of sp³-hybridized carbons (Fsp3) is 1.00. The van der Waals surface area contributed by atoms with Crippen LogP contribution in [0.3, 0.4) is 0 Å². The number of hydrogen-bond donors (Lipinski definition) is 1. The molecule has 1 fully saturated rings. The Balaban J connectivity index is 2.23. The van der Waals surface area contributed by atoms with Crippen LogP contribution in [0.2, 0.25) is 0 Å². The lowest BCUT2D eigenvalue weighted by atomic mass is 9.98. The Morgan fingerprint density at radius 3 is 2.50 bits per heavy atom. The molecule has 0 saturated carbocycles. The van der Waals surface area contributed by atoms with Gasteiger partial charge < -0.3 is 5.73 Å². The second-order valence-corrected chi connectivity index (χ2v) is 2.71. The van der Waals surface area contributed by atoms with Crippen molar-refractivity contribution in [2.45, 2.75) is 12.8 Å². The van der Waals surface area contributed by atoms with Gasteiger partial charge in [0.25, 0.3) is 0 Å². The van der Waals surface area contributed by atoms with E-state index in [1.54, 1.807) is 5.01 Å². The van der Waals surface area contributed by atoms with Crippen molar-refractivity contribution in [1.82, 2.24) is 5.01 Å². The molecule has 0 aromatic rings. The van der Waals surface area contributed by atoms with E-state index in [9.17, 15) is 4.91 Å². The summed E-state index contributed by atoms with van der Waals surface area (Å²) in [5.74, 6) is 0.609. The summed E-state index contributed by atoms with van der Waals surface area (Å²) in [5, 5.41) is 4.42. The number of piperidine rings is 1. The molecule has 0 aliphatic carbocycles. The van der Waals surface area contributed by atoms with Crippen LogP contribution in [0.5, 0.6) is 0 Å². The average Bonchev–Trinajstić information content (AvgIpc) is 2.05. The monoisotopic (exact) mass is 143 g/mol. The molecular formula is C6H13N3O. The van der Waals surface area contributed by atoms with Gasteiger partial charge in [0.15, 0.2) is 0 Å². The molecule has 2 N–H and O–H groups in total. The van der Waals surface area contributed by atoms with E-state index < -0.39 is 0 Å². The highest BCUT2D eigenvalue weighted by Gasteiger charge is 2.16. The molecule has 0 atom stereocenters. The van der Waals surface area contributed by atoms with Crippen molar-refractivity contribution in [3.8, 4) is 0 Å². The van der Waals surface area contributed by atoms with Crippen LogP contribution in [0.25, 0.3) is 0 Å². The van der Waals surface area contributed by atoms with Crippen molar-refractivity contribution in [2.75, 3.05) is 19.6 Å². The van der Waals surface area contributed by atoms with Crippen molar-refractivity contribution in [2.24, 2.45) is 16.9 Å². The van der Waals surface area contributed by atoms with Gasteiger partial charge in [0, 0.05) is 13.1 Å². The first-order valence-corrected chi connectivity index (χ1v) is 3.65. The molecule has 1 aliphatic rings. The van der Waals surface area contributed by atoms with Gasteiger partial charge >= 0.3 is 0 Å². The van der Waals surface area contributed by atoms with Crippen LogP contribution in [0.15, 0.2) is 5.29 Å². The maximum absolute atomic E-state index is 10.00. The summed E-state index contributed by atoms with van der Waals surface area (Å²) in [5.41, 5.74) is 5.46. The minimum atomic E-state index is 0.609. The normalized spacial score (nSPS) is 21.1. The first-order valence-electron chi connectivity index (χ1n) is 3.65. The molecule has 0 bridgehead atoms. The van der Waals surface area contributed by atoms with Gasteiger partial charge in [0.2, 0.25) is 0 Å².